The molecule has 0 rings (SSSR count). The molecule has 3 nitrogen and oxygen atoms in total. The molecule has 0 saturated carbocycles. The summed E-state index contributed by atoms with van der Waals surface area (Å²) in [6.07, 6.45) is 17.0. The second-order valence-electron chi connectivity index (χ2n) is 7.08. The van der Waals surface area contributed by atoms with Gasteiger partial charge in [0.05, 0.1) is 12.8 Å². The van der Waals surface area contributed by atoms with E-state index in [1.54, 1.807) is 0 Å². The Kier molecular flexibility index (Phi) is 19.3. The topological polar surface area (TPSA) is 35.5 Å². The Labute approximate surface area is 163 Å². The van der Waals surface area contributed by atoms with E-state index in [9.17, 15) is 4.57 Å². The highest BCUT2D eigenvalue weighted by Gasteiger charge is 2.23. The predicted molar refractivity (Wildman–Crippen MR) is 114 cm³/mol. The summed E-state index contributed by atoms with van der Waals surface area (Å²) in [6, 6.07) is 0. The molecule has 0 radical (unpaired) electrons. The first-order valence-electron chi connectivity index (χ1n) is 11.0. The van der Waals surface area contributed by atoms with Gasteiger partial charge in [0, 0.05) is 6.42 Å². The summed E-state index contributed by atoms with van der Waals surface area (Å²) in [5, 5.41) is 0. The molecule has 154 valence electrons. The van der Waals surface area contributed by atoms with Crippen LogP contribution in [0.1, 0.15) is 111 Å². The molecule has 0 aliphatic carbocycles. The third-order valence-electron chi connectivity index (χ3n) is 4.44. The molecule has 0 aliphatic heterocycles. The molecule has 1 atom stereocenters. The number of rotatable bonds is 18. The zero-order valence-electron chi connectivity index (χ0n) is 17.7. The standard InChI is InChI=1S/C22H43O3P/c1-4-7-10-11-12-13-14-15-16-17-19-21-25-26(23,22-9-6-3)24-20-18-8-5-2/h4-16,18,20-22H2,1-3H3. The van der Waals surface area contributed by atoms with E-state index < -0.39 is 7.60 Å². The van der Waals surface area contributed by atoms with Gasteiger partial charge < -0.3 is 4.52 Å². The summed E-state index contributed by atoms with van der Waals surface area (Å²) in [5.41, 5.74) is 0. The van der Waals surface area contributed by atoms with E-state index in [2.05, 4.69) is 32.6 Å². The molecule has 0 aromatic carbocycles. The van der Waals surface area contributed by atoms with E-state index in [1.807, 2.05) is 0 Å². The van der Waals surface area contributed by atoms with Crippen molar-refractivity contribution in [3.05, 3.63) is 0 Å². The molecule has 0 saturated heterocycles. The molecule has 26 heavy (non-hydrogen) atoms. The van der Waals surface area contributed by atoms with Crippen molar-refractivity contribution in [3.63, 3.8) is 0 Å². The van der Waals surface area contributed by atoms with Crippen LogP contribution in [0, 0.1) is 11.8 Å². The highest BCUT2D eigenvalue weighted by atomic mass is 31.2. The third-order valence-corrected chi connectivity index (χ3v) is 6.40. The van der Waals surface area contributed by atoms with Crippen LogP contribution < -0.4 is 0 Å². The summed E-state index contributed by atoms with van der Waals surface area (Å²) >= 11 is 0. The summed E-state index contributed by atoms with van der Waals surface area (Å²) in [4.78, 5) is 0. The van der Waals surface area contributed by atoms with E-state index in [1.165, 1.54) is 44.9 Å². The van der Waals surface area contributed by atoms with E-state index >= 15 is 0 Å². The van der Waals surface area contributed by atoms with Crippen LogP contribution in [0.3, 0.4) is 0 Å². The molecule has 0 aromatic rings. The van der Waals surface area contributed by atoms with Gasteiger partial charge in [0.15, 0.2) is 0 Å². The maximum Gasteiger partial charge on any atom is 0.331 e. The van der Waals surface area contributed by atoms with Crippen LogP contribution in [0.2, 0.25) is 0 Å². The van der Waals surface area contributed by atoms with Crippen LogP contribution in [0.15, 0.2) is 0 Å². The van der Waals surface area contributed by atoms with Crippen molar-refractivity contribution in [2.75, 3.05) is 19.4 Å². The van der Waals surface area contributed by atoms with Crippen molar-refractivity contribution in [3.8, 4) is 11.8 Å². The van der Waals surface area contributed by atoms with Gasteiger partial charge in [0.25, 0.3) is 0 Å². The fraction of sp³-hybridized carbons (Fsp3) is 0.909. The van der Waals surface area contributed by atoms with E-state index in [0.717, 1.165) is 44.9 Å². The lowest BCUT2D eigenvalue weighted by atomic mass is 10.1. The lowest BCUT2D eigenvalue weighted by Crippen LogP contribution is -2.02. The monoisotopic (exact) mass is 386 g/mol. The van der Waals surface area contributed by atoms with Gasteiger partial charge in [-0.05, 0) is 19.3 Å². The first-order chi connectivity index (χ1) is 12.7. The van der Waals surface area contributed by atoms with Crippen LogP contribution in [-0.2, 0) is 13.6 Å². The predicted octanol–water partition coefficient (Wildman–Crippen LogP) is 7.74. The van der Waals surface area contributed by atoms with Crippen LogP contribution in [0.25, 0.3) is 0 Å². The molecule has 0 N–H and O–H groups in total. The Morgan fingerprint density at radius 3 is 1.88 bits per heavy atom. The smallest absolute Gasteiger partial charge is 0.309 e. The minimum absolute atomic E-state index is 0.228. The maximum absolute atomic E-state index is 12.7. The highest BCUT2D eigenvalue weighted by molar-refractivity contribution is 7.53. The van der Waals surface area contributed by atoms with Crippen molar-refractivity contribution >= 4 is 7.60 Å². The van der Waals surface area contributed by atoms with E-state index in [0.29, 0.717) is 12.8 Å². The molecule has 0 heterocycles. The zero-order chi connectivity index (χ0) is 19.3. The lowest BCUT2D eigenvalue weighted by Gasteiger charge is -2.17. The molecule has 0 fully saturated rings. The SMILES string of the molecule is CCCCCCCCCCC#CCOP(=O)(CCCC)OCCCCC. The van der Waals surface area contributed by atoms with Crippen molar-refractivity contribution in [1.82, 2.24) is 0 Å². The summed E-state index contributed by atoms with van der Waals surface area (Å²) in [7, 11) is -2.96. The van der Waals surface area contributed by atoms with Crippen molar-refractivity contribution in [2.45, 2.75) is 111 Å². The van der Waals surface area contributed by atoms with E-state index in [4.69, 9.17) is 9.05 Å². The lowest BCUT2D eigenvalue weighted by molar-refractivity contribution is 0.217. The van der Waals surface area contributed by atoms with Gasteiger partial charge >= 0.3 is 7.60 Å². The molecular formula is C22H43O3P. The van der Waals surface area contributed by atoms with Crippen LogP contribution in [0.5, 0.6) is 0 Å². The summed E-state index contributed by atoms with van der Waals surface area (Å²) in [6.45, 7) is 7.25. The van der Waals surface area contributed by atoms with Gasteiger partial charge in [-0.2, -0.15) is 0 Å². The number of unbranched alkanes of at least 4 members (excludes halogenated alkanes) is 11. The quantitative estimate of drug-likeness (QED) is 0.137. The van der Waals surface area contributed by atoms with Gasteiger partial charge in [-0.25, -0.2) is 0 Å². The van der Waals surface area contributed by atoms with Gasteiger partial charge in [-0.1, -0.05) is 90.9 Å². The normalized spacial score (nSPS) is 13.2. The molecule has 0 amide bonds. The molecule has 4 heteroatoms. The van der Waals surface area contributed by atoms with Crippen LogP contribution in [0.4, 0.5) is 0 Å². The average Bonchev–Trinajstić information content (AvgIpc) is 2.65. The first-order valence-corrected chi connectivity index (χ1v) is 12.7. The van der Waals surface area contributed by atoms with E-state index in [-0.39, 0.29) is 6.61 Å². The number of hydrogen-bond acceptors (Lipinski definition) is 3. The van der Waals surface area contributed by atoms with Crippen molar-refractivity contribution in [2.24, 2.45) is 0 Å². The largest absolute Gasteiger partial charge is 0.331 e. The first kappa shape index (κ1) is 25.7. The fourth-order valence-corrected chi connectivity index (χ4v) is 4.40. The molecule has 0 spiro atoms. The molecule has 0 aliphatic rings. The zero-order valence-corrected chi connectivity index (χ0v) is 18.6. The van der Waals surface area contributed by atoms with Crippen LogP contribution >= 0.6 is 7.60 Å². The maximum atomic E-state index is 12.7. The van der Waals surface area contributed by atoms with Crippen molar-refractivity contribution < 1.29 is 13.6 Å². The average molecular weight is 387 g/mol. The number of hydrogen-bond donors (Lipinski definition) is 0. The molecule has 0 bridgehead atoms. The van der Waals surface area contributed by atoms with Gasteiger partial charge in [-0.15, -0.1) is 5.92 Å². The molecule has 1 unspecified atom stereocenters. The third kappa shape index (κ3) is 17.1. The second-order valence-corrected chi connectivity index (χ2v) is 9.27. The fourth-order valence-electron chi connectivity index (χ4n) is 2.69. The van der Waals surface area contributed by atoms with Gasteiger partial charge in [0.1, 0.15) is 6.61 Å². The Balaban J connectivity index is 3.82. The molecule has 0 aromatic heterocycles. The van der Waals surface area contributed by atoms with Gasteiger partial charge in [0.2, 0.25) is 0 Å². The highest BCUT2D eigenvalue weighted by Crippen LogP contribution is 2.48. The Morgan fingerprint density at radius 1 is 0.654 bits per heavy atom. The van der Waals surface area contributed by atoms with Gasteiger partial charge in [-0.3, -0.25) is 9.09 Å². The summed E-state index contributed by atoms with van der Waals surface area (Å²) < 4.78 is 23.9. The summed E-state index contributed by atoms with van der Waals surface area (Å²) in [5.74, 6) is 6.16. The van der Waals surface area contributed by atoms with Crippen molar-refractivity contribution in [1.29, 1.82) is 0 Å². The Morgan fingerprint density at radius 2 is 1.23 bits per heavy atom. The Hall–Kier alpha value is -0.290. The van der Waals surface area contributed by atoms with Crippen LogP contribution in [-0.4, -0.2) is 19.4 Å². The minimum atomic E-state index is -2.96. The Bertz CT molecular complexity index is 398. The molecular weight excluding hydrogens is 343 g/mol. The minimum Gasteiger partial charge on any atom is -0.309 e. The second kappa shape index (κ2) is 19.5.